The number of aromatic nitrogens is 2. The number of nitro groups is 1. The van der Waals surface area contributed by atoms with Gasteiger partial charge >= 0.3 is 0 Å². The van der Waals surface area contributed by atoms with E-state index in [2.05, 4.69) is 15.2 Å². The van der Waals surface area contributed by atoms with Gasteiger partial charge in [-0.2, -0.15) is 5.10 Å². The van der Waals surface area contributed by atoms with Crippen LogP contribution in [0.3, 0.4) is 0 Å². The molecule has 0 spiro atoms. The van der Waals surface area contributed by atoms with Gasteiger partial charge in [0.1, 0.15) is 5.75 Å². The van der Waals surface area contributed by atoms with Crippen LogP contribution in [0, 0.1) is 10.1 Å². The highest BCUT2D eigenvalue weighted by atomic mass is 16.6. The van der Waals surface area contributed by atoms with Crippen molar-refractivity contribution in [1.82, 2.24) is 10.2 Å². The minimum atomic E-state index is -0.573. The number of nitro benzene ring substituents is 1. The fourth-order valence-electron chi connectivity index (χ4n) is 2.23. The van der Waals surface area contributed by atoms with Crippen LogP contribution >= 0.6 is 0 Å². The number of fused-ring (bicyclic) bond motifs is 1. The fraction of sp³-hybridized carbons (Fsp3) is 0.125. The molecule has 1 N–H and O–H groups in total. The molecule has 0 fully saturated rings. The van der Waals surface area contributed by atoms with Crippen molar-refractivity contribution in [3.63, 3.8) is 0 Å². The lowest BCUT2D eigenvalue weighted by atomic mass is 10.1. The van der Waals surface area contributed by atoms with Crippen molar-refractivity contribution in [2.75, 3.05) is 6.61 Å². The standard InChI is InChI=1S/C16H14N4O4/c1-2-24-15-7-13(20(22)23)6-11(16(15)21)8-17-12-3-4-14-10(5-12)9-18-19-14/h3-9,21H,2H2,1H3,(H,18,19)/p-1. The Bertz CT molecular complexity index is 933. The Kier molecular flexibility index (Phi) is 4.11. The van der Waals surface area contributed by atoms with E-state index in [0.717, 1.165) is 17.0 Å². The fourth-order valence-corrected chi connectivity index (χ4v) is 2.23. The number of hydrogen-bond donors (Lipinski definition) is 1. The zero-order valence-electron chi connectivity index (χ0n) is 12.7. The van der Waals surface area contributed by atoms with E-state index < -0.39 is 10.7 Å². The third kappa shape index (κ3) is 3.02. The first-order valence-electron chi connectivity index (χ1n) is 7.18. The average molecular weight is 325 g/mol. The van der Waals surface area contributed by atoms with Crippen LogP contribution in [-0.4, -0.2) is 27.9 Å². The van der Waals surface area contributed by atoms with Gasteiger partial charge < -0.3 is 9.84 Å². The van der Waals surface area contributed by atoms with E-state index in [-0.39, 0.29) is 23.6 Å². The van der Waals surface area contributed by atoms with E-state index >= 15 is 0 Å². The second kappa shape index (κ2) is 6.37. The number of nitrogens with one attached hydrogen (secondary N) is 1. The largest absolute Gasteiger partial charge is 0.870 e. The zero-order chi connectivity index (χ0) is 17.1. The molecule has 0 radical (unpaired) electrons. The molecule has 8 heteroatoms. The van der Waals surface area contributed by atoms with Gasteiger partial charge in [0.15, 0.2) is 0 Å². The molecule has 0 aliphatic heterocycles. The van der Waals surface area contributed by atoms with Crippen molar-refractivity contribution in [2.24, 2.45) is 4.99 Å². The van der Waals surface area contributed by atoms with Crippen LogP contribution in [0.25, 0.3) is 10.9 Å². The Balaban J connectivity index is 1.99. The number of non-ortho nitro benzene ring substituents is 1. The minimum Gasteiger partial charge on any atom is -0.870 e. The lowest BCUT2D eigenvalue weighted by Gasteiger charge is -2.16. The van der Waals surface area contributed by atoms with Crippen molar-refractivity contribution < 1.29 is 14.8 Å². The lowest BCUT2D eigenvalue weighted by Crippen LogP contribution is -2.04. The summed E-state index contributed by atoms with van der Waals surface area (Å²) in [7, 11) is 0. The summed E-state index contributed by atoms with van der Waals surface area (Å²) in [5.41, 5.74) is 1.35. The molecule has 8 nitrogen and oxygen atoms in total. The third-order valence-corrected chi connectivity index (χ3v) is 3.36. The van der Waals surface area contributed by atoms with E-state index in [1.54, 1.807) is 25.3 Å². The van der Waals surface area contributed by atoms with Crippen molar-refractivity contribution in [1.29, 1.82) is 0 Å². The summed E-state index contributed by atoms with van der Waals surface area (Å²) in [6.45, 7) is 1.94. The first kappa shape index (κ1) is 15.5. The molecule has 122 valence electrons. The van der Waals surface area contributed by atoms with Gasteiger partial charge in [0.25, 0.3) is 5.69 Å². The summed E-state index contributed by atoms with van der Waals surface area (Å²) in [5, 5.41) is 30.9. The summed E-state index contributed by atoms with van der Waals surface area (Å²) >= 11 is 0. The van der Waals surface area contributed by atoms with Crippen LogP contribution in [0.15, 0.2) is 41.5 Å². The highest BCUT2D eigenvalue weighted by Crippen LogP contribution is 2.32. The normalized spacial score (nSPS) is 11.2. The van der Waals surface area contributed by atoms with Gasteiger partial charge in [0, 0.05) is 17.7 Å². The average Bonchev–Trinajstić information content (AvgIpc) is 3.03. The molecule has 0 unspecified atom stereocenters. The summed E-state index contributed by atoms with van der Waals surface area (Å²) in [4.78, 5) is 14.7. The molecule has 0 saturated carbocycles. The van der Waals surface area contributed by atoms with Gasteiger partial charge in [0.2, 0.25) is 0 Å². The molecular weight excluding hydrogens is 312 g/mol. The predicted octanol–water partition coefficient (Wildman–Crippen LogP) is 2.69. The van der Waals surface area contributed by atoms with Crippen molar-refractivity contribution >= 4 is 28.5 Å². The molecule has 0 amide bonds. The van der Waals surface area contributed by atoms with E-state index in [1.807, 2.05) is 6.07 Å². The van der Waals surface area contributed by atoms with Gasteiger partial charge in [-0.25, -0.2) is 0 Å². The van der Waals surface area contributed by atoms with Crippen LogP contribution in [0.4, 0.5) is 11.4 Å². The monoisotopic (exact) mass is 325 g/mol. The number of H-pyrrole nitrogens is 1. The molecule has 1 heterocycles. The maximum absolute atomic E-state index is 12.3. The molecule has 0 aliphatic carbocycles. The molecule has 0 bridgehead atoms. The highest BCUT2D eigenvalue weighted by molar-refractivity contribution is 5.89. The van der Waals surface area contributed by atoms with Gasteiger partial charge in [-0.3, -0.25) is 20.2 Å². The number of ether oxygens (including phenoxy) is 1. The Hall–Kier alpha value is -3.42. The first-order valence-corrected chi connectivity index (χ1v) is 7.18. The Morgan fingerprint density at radius 2 is 2.21 bits per heavy atom. The molecule has 3 rings (SSSR count). The van der Waals surface area contributed by atoms with Crippen LogP contribution in [0.5, 0.6) is 11.5 Å². The van der Waals surface area contributed by atoms with Crippen LogP contribution in [-0.2, 0) is 0 Å². The second-order valence-corrected chi connectivity index (χ2v) is 4.95. The number of aliphatic imine (C=N–C) groups is 1. The SMILES string of the molecule is CCOc1cc([N+](=O)[O-])cc(C=Nc2ccc3[nH]ncc3c2)c1[O-]. The van der Waals surface area contributed by atoms with E-state index in [0.29, 0.717) is 5.69 Å². The molecule has 0 saturated heterocycles. The third-order valence-electron chi connectivity index (χ3n) is 3.36. The number of aromatic amines is 1. The van der Waals surface area contributed by atoms with Gasteiger partial charge in [-0.1, -0.05) is 5.75 Å². The Labute approximate surface area is 136 Å². The number of hydrogen-bond acceptors (Lipinski definition) is 6. The molecule has 0 aliphatic rings. The maximum Gasteiger partial charge on any atom is 0.273 e. The molecular formula is C16H13N4O4-. The van der Waals surface area contributed by atoms with E-state index in [1.165, 1.54) is 12.3 Å². The smallest absolute Gasteiger partial charge is 0.273 e. The molecule has 2 aromatic carbocycles. The van der Waals surface area contributed by atoms with E-state index in [4.69, 9.17) is 4.74 Å². The highest BCUT2D eigenvalue weighted by Gasteiger charge is 2.11. The quantitative estimate of drug-likeness (QED) is 0.440. The number of rotatable bonds is 5. The molecule has 0 atom stereocenters. The van der Waals surface area contributed by atoms with Gasteiger partial charge in [-0.05, 0) is 30.7 Å². The summed E-state index contributed by atoms with van der Waals surface area (Å²) in [6, 6.07) is 7.67. The summed E-state index contributed by atoms with van der Waals surface area (Å²) in [6.07, 6.45) is 2.97. The van der Waals surface area contributed by atoms with Crippen molar-refractivity contribution in [2.45, 2.75) is 6.92 Å². The molecule has 3 aromatic rings. The molecule has 24 heavy (non-hydrogen) atoms. The Morgan fingerprint density at radius 1 is 1.38 bits per heavy atom. The van der Waals surface area contributed by atoms with Crippen molar-refractivity contribution in [3.8, 4) is 11.5 Å². The van der Waals surface area contributed by atoms with Crippen LogP contribution in [0.2, 0.25) is 0 Å². The van der Waals surface area contributed by atoms with Crippen molar-refractivity contribution in [3.05, 3.63) is 52.2 Å². The topological polar surface area (TPSA) is 116 Å². The van der Waals surface area contributed by atoms with Crippen LogP contribution in [0.1, 0.15) is 12.5 Å². The maximum atomic E-state index is 12.3. The summed E-state index contributed by atoms with van der Waals surface area (Å²) in [5.74, 6) is -0.492. The molecule has 1 aromatic heterocycles. The number of nitrogens with zero attached hydrogens (tertiary/aromatic N) is 3. The predicted molar refractivity (Wildman–Crippen MR) is 87.1 cm³/mol. The minimum absolute atomic E-state index is 0.0570. The number of benzene rings is 2. The summed E-state index contributed by atoms with van der Waals surface area (Å²) < 4.78 is 5.18. The van der Waals surface area contributed by atoms with Crippen LogP contribution < -0.4 is 9.84 Å². The Morgan fingerprint density at radius 3 is 2.96 bits per heavy atom. The van der Waals surface area contributed by atoms with Gasteiger partial charge in [-0.15, -0.1) is 0 Å². The van der Waals surface area contributed by atoms with E-state index in [9.17, 15) is 15.2 Å². The second-order valence-electron chi connectivity index (χ2n) is 4.95. The lowest BCUT2D eigenvalue weighted by molar-refractivity contribution is -0.385. The zero-order valence-corrected chi connectivity index (χ0v) is 12.7. The van der Waals surface area contributed by atoms with Gasteiger partial charge in [0.05, 0.1) is 35.0 Å². The first-order chi connectivity index (χ1) is 11.6.